The quantitative estimate of drug-likeness (QED) is 0.867. The van der Waals surface area contributed by atoms with Gasteiger partial charge in [0.15, 0.2) is 0 Å². The van der Waals surface area contributed by atoms with Crippen LogP contribution in [-0.4, -0.2) is 0 Å². The summed E-state index contributed by atoms with van der Waals surface area (Å²) in [6.45, 7) is 4.15. The lowest BCUT2D eigenvalue weighted by molar-refractivity contribution is 0.796. The first-order chi connectivity index (χ1) is 8.58. The highest BCUT2D eigenvalue weighted by atomic mass is 79.9. The van der Waals surface area contributed by atoms with Gasteiger partial charge in [-0.3, -0.25) is 0 Å². The zero-order valence-corrected chi connectivity index (χ0v) is 12.9. The Kier molecular flexibility index (Phi) is 4.49. The van der Waals surface area contributed by atoms with E-state index < -0.39 is 0 Å². The predicted molar refractivity (Wildman–Crippen MR) is 82.0 cm³/mol. The maximum Gasteiger partial charge on any atom is 0.0277 e. The van der Waals surface area contributed by atoms with E-state index in [1.165, 1.54) is 20.9 Å². The molecule has 0 saturated heterocycles. The highest BCUT2D eigenvalue weighted by Gasteiger charge is 2.10. The molecule has 1 unspecified atom stereocenters. The number of halogens is 1. The monoisotopic (exact) mass is 321 g/mol. The van der Waals surface area contributed by atoms with E-state index in [0.29, 0.717) is 0 Å². The molecular weight excluding hydrogens is 306 g/mol. The third-order valence-electron chi connectivity index (χ3n) is 2.78. The molecule has 1 atom stereocenters. The Labute approximate surface area is 121 Å². The van der Waals surface area contributed by atoms with Crippen LogP contribution >= 0.6 is 27.7 Å². The summed E-state index contributed by atoms with van der Waals surface area (Å²) in [5.41, 5.74) is 8.51. The number of nitrogens with two attached hydrogens (primary N) is 1. The number of benzene rings is 2. The van der Waals surface area contributed by atoms with Crippen molar-refractivity contribution in [3.05, 3.63) is 58.1 Å². The Balaban J connectivity index is 2.37. The number of aryl methyl sites for hydroxylation is 1. The molecule has 0 aliphatic carbocycles. The standard InChI is InChI=1S/C15H16BrNS/c1-10-5-3-4-6-14(10)18-15-8-7-12(16)9-13(15)11(2)17/h3-9,11H,17H2,1-2H3. The molecule has 0 fully saturated rings. The first-order valence-electron chi connectivity index (χ1n) is 5.86. The van der Waals surface area contributed by atoms with Crippen LogP contribution in [0.25, 0.3) is 0 Å². The van der Waals surface area contributed by atoms with Gasteiger partial charge < -0.3 is 5.73 Å². The lowest BCUT2D eigenvalue weighted by Gasteiger charge is -2.14. The van der Waals surface area contributed by atoms with E-state index >= 15 is 0 Å². The van der Waals surface area contributed by atoms with Crippen molar-refractivity contribution in [1.29, 1.82) is 0 Å². The van der Waals surface area contributed by atoms with E-state index in [2.05, 4.69) is 65.3 Å². The molecule has 0 saturated carbocycles. The maximum absolute atomic E-state index is 6.04. The lowest BCUT2D eigenvalue weighted by Crippen LogP contribution is -2.06. The summed E-state index contributed by atoms with van der Waals surface area (Å²) in [4.78, 5) is 2.50. The van der Waals surface area contributed by atoms with Crippen LogP contribution in [-0.2, 0) is 0 Å². The zero-order valence-electron chi connectivity index (χ0n) is 10.5. The Hall–Kier alpha value is -0.770. The van der Waals surface area contributed by atoms with Gasteiger partial charge in [0.1, 0.15) is 0 Å². The van der Waals surface area contributed by atoms with Crippen molar-refractivity contribution >= 4 is 27.7 Å². The molecule has 3 heteroatoms. The average molecular weight is 322 g/mol. The molecule has 0 heterocycles. The Bertz CT molecular complexity index is 552. The summed E-state index contributed by atoms with van der Waals surface area (Å²) in [5, 5.41) is 0. The molecule has 2 rings (SSSR count). The minimum atomic E-state index is 0.0361. The fourth-order valence-corrected chi connectivity index (χ4v) is 3.25. The van der Waals surface area contributed by atoms with Gasteiger partial charge in [0.2, 0.25) is 0 Å². The molecule has 0 aliphatic rings. The van der Waals surface area contributed by atoms with E-state index in [1.54, 1.807) is 11.8 Å². The molecule has 0 bridgehead atoms. The van der Waals surface area contributed by atoms with Crippen molar-refractivity contribution in [3.63, 3.8) is 0 Å². The minimum Gasteiger partial charge on any atom is -0.324 e. The molecule has 94 valence electrons. The van der Waals surface area contributed by atoms with Gasteiger partial charge in [-0.05, 0) is 49.2 Å². The van der Waals surface area contributed by atoms with E-state index in [9.17, 15) is 0 Å². The van der Waals surface area contributed by atoms with Crippen LogP contribution in [0.3, 0.4) is 0 Å². The second kappa shape index (κ2) is 5.91. The maximum atomic E-state index is 6.04. The predicted octanol–water partition coefficient (Wildman–Crippen LogP) is 4.93. The van der Waals surface area contributed by atoms with Gasteiger partial charge >= 0.3 is 0 Å². The first kappa shape index (κ1) is 13.7. The van der Waals surface area contributed by atoms with E-state index in [4.69, 9.17) is 5.73 Å². The van der Waals surface area contributed by atoms with Gasteiger partial charge in [0.25, 0.3) is 0 Å². The molecule has 18 heavy (non-hydrogen) atoms. The Morgan fingerprint density at radius 3 is 2.50 bits per heavy atom. The molecule has 0 amide bonds. The molecule has 1 nitrogen and oxygen atoms in total. The van der Waals surface area contributed by atoms with Crippen LogP contribution in [0.1, 0.15) is 24.1 Å². The van der Waals surface area contributed by atoms with Crippen LogP contribution in [0, 0.1) is 6.92 Å². The molecule has 0 radical (unpaired) electrons. The molecule has 2 aromatic carbocycles. The average Bonchev–Trinajstić information content (AvgIpc) is 2.34. The summed E-state index contributed by atoms with van der Waals surface area (Å²) in [7, 11) is 0. The molecular formula is C15H16BrNS. The van der Waals surface area contributed by atoms with E-state index in [1.807, 2.05) is 6.92 Å². The van der Waals surface area contributed by atoms with Crippen LogP contribution < -0.4 is 5.73 Å². The van der Waals surface area contributed by atoms with Gasteiger partial charge in [-0.2, -0.15) is 0 Å². The van der Waals surface area contributed by atoms with Crippen molar-refractivity contribution < 1.29 is 0 Å². The second-order valence-electron chi connectivity index (χ2n) is 4.34. The third kappa shape index (κ3) is 3.16. The smallest absolute Gasteiger partial charge is 0.0277 e. The summed E-state index contributed by atoms with van der Waals surface area (Å²) in [6, 6.07) is 14.7. The molecule has 2 aromatic rings. The number of hydrogen-bond acceptors (Lipinski definition) is 2. The normalized spacial score (nSPS) is 12.4. The highest BCUT2D eigenvalue weighted by Crippen LogP contribution is 2.35. The third-order valence-corrected chi connectivity index (χ3v) is 4.54. The Morgan fingerprint density at radius 1 is 1.11 bits per heavy atom. The van der Waals surface area contributed by atoms with Crippen molar-refractivity contribution in [1.82, 2.24) is 0 Å². The Morgan fingerprint density at radius 2 is 1.83 bits per heavy atom. The fraction of sp³-hybridized carbons (Fsp3) is 0.200. The van der Waals surface area contributed by atoms with Crippen molar-refractivity contribution in [3.8, 4) is 0 Å². The topological polar surface area (TPSA) is 26.0 Å². The summed E-state index contributed by atoms with van der Waals surface area (Å²) in [6.07, 6.45) is 0. The summed E-state index contributed by atoms with van der Waals surface area (Å²) < 4.78 is 1.07. The van der Waals surface area contributed by atoms with Gasteiger partial charge in [0.05, 0.1) is 0 Å². The second-order valence-corrected chi connectivity index (χ2v) is 6.34. The van der Waals surface area contributed by atoms with Crippen LogP contribution in [0.2, 0.25) is 0 Å². The van der Waals surface area contributed by atoms with Crippen molar-refractivity contribution in [2.75, 3.05) is 0 Å². The zero-order chi connectivity index (χ0) is 13.1. The first-order valence-corrected chi connectivity index (χ1v) is 7.47. The SMILES string of the molecule is Cc1ccccc1Sc1ccc(Br)cc1C(C)N. The van der Waals surface area contributed by atoms with Gasteiger partial charge in [0, 0.05) is 20.3 Å². The van der Waals surface area contributed by atoms with Crippen molar-refractivity contribution in [2.24, 2.45) is 5.73 Å². The number of rotatable bonds is 3. The van der Waals surface area contributed by atoms with Crippen LogP contribution in [0.5, 0.6) is 0 Å². The van der Waals surface area contributed by atoms with Crippen molar-refractivity contribution in [2.45, 2.75) is 29.7 Å². The van der Waals surface area contributed by atoms with E-state index in [0.717, 1.165) is 4.47 Å². The largest absolute Gasteiger partial charge is 0.324 e. The molecule has 0 aliphatic heterocycles. The van der Waals surface area contributed by atoms with E-state index in [-0.39, 0.29) is 6.04 Å². The van der Waals surface area contributed by atoms with Gasteiger partial charge in [-0.25, -0.2) is 0 Å². The fourth-order valence-electron chi connectivity index (χ4n) is 1.76. The highest BCUT2D eigenvalue weighted by molar-refractivity contribution is 9.10. The summed E-state index contributed by atoms with van der Waals surface area (Å²) in [5.74, 6) is 0. The molecule has 0 aromatic heterocycles. The molecule has 2 N–H and O–H groups in total. The van der Waals surface area contributed by atoms with Crippen LogP contribution in [0.4, 0.5) is 0 Å². The molecule has 0 spiro atoms. The lowest BCUT2D eigenvalue weighted by atomic mass is 10.1. The number of hydrogen-bond donors (Lipinski definition) is 1. The summed E-state index contributed by atoms with van der Waals surface area (Å²) >= 11 is 5.28. The van der Waals surface area contributed by atoms with Gasteiger partial charge in [-0.1, -0.05) is 45.9 Å². The van der Waals surface area contributed by atoms with Crippen LogP contribution in [0.15, 0.2) is 56.7 Å². The minimum absolute atomic E-state index is 0.0361. The van der Waals surface area contributed by atoms with Gasteiger partial charge in [-0.15, -0.1) is 0 Å².